The average molecular weight is 256 g/mol. The minimum atomic E-state index is -0.722. The molecule has 1 aromatic rings. The molecule has 2 rings (SSSR count). The number of hydrogen-bond acceptors (Lipinski definition) is 4. The number of nitrogens with zero attached hydrogens (tertiary/aromatic N) is 3. The fraction of sp³-hybridized carbons (Fsp3) is 0.545. The molecule has 1 fully saturated rings. The van der Waals surface area contributed by atoms with Crippen molar-refractivity contribution in [2.75, 3.05) is 13.1 Å². The quantitative estimate of drug-likeness (QED) is 0.885. The summed E-state index contributed by atoms with van der Waals surface area (Å²) < 4.78 is 0. The molecule has 1 aliphatic rings. The summed E-state index contributed by atoms with van der Waals surface area (Å²) in [6, 6.07) is 0. The second kappa shape index (κ2) is 5.42. The van der Waals surface area contributed by atoms with E-state index in [-0.39, 0.29) is 5.92 Å². The lowest BCUT2D eigenvalue weighted by Gasteiger charge is -2.30. The van der Waals surface area contributed by atoms with Crippen LogP contribution in [-0.2, 0) is 11.3 Å². The van der Waals surface area contributed by atoms with Crippen molar-refractivity contribution in [1.82, 2.24) is 14.9 Å². The van der Waals surface area contributed by atoms with E-state index >= 15 is 0 Å². The Labute approximate surface area is 104 Å². The summed E-state index contributed by atoms with van der Waals surface area (Å²) in [7, 11) is 0. The molecule has 0 aliphatic carbocycles. The highest BCUT2D eigenvalue weighted by Gasteiger charge is 2.25. The minimum Gasteiger partial charge on any atom is -0.481 e. The number of piperidine rings is 1. The van der Waals surface area contributed by atoms with Gasteiger partial charge in [0, 0.05) is 25.5 Å². The van der Waals surface area contributed by atoms with Crippen molar-refractivity contribution in [2.45, 2.75) is 19.4 Å². The Bertz CT molecular complexity index is 413. The molecule has 1 saturated heterocycles. The maximum Gasteiger partial charge on any atom is 0.307 e. The van der Waals surface area contributed by atoms with E-state index in [1.807, 2.05) is 0 Å². The summed E-state index contributed by atoms with van der Waals surface area (Å²) in [6.07, 6.45) is 4.79. The third kappa shape index (κ3) is 3.14. The van der Waals surface area contributed by atoms with Crippen LogP contribution in [0, 0.1) is 5.92 Å². The summed E-state index contributed by atoms with van der Waals surface area (Å²) in [5.41, 5.74) is 0.709. The number of halogens is 1. The van der Waals surface area contributed by atoms with E-state index in [4.69, 9.17) is 16.7 Å². The molecule has 17 heavy (non-hydrogen) atoms. The van der Waals surface area contributed by atoms with Crippen LogP contribution in [0.25, 0.3) is 0 Å². The molecule has 1 atom stereocenters. The molecule has 0 amide bonds. The Morgan fingerprint density at radius 2 is 2.29 bits per heavy atom. The van der Waals surface area contributed by atoms with Crippen LogP contribution in [0.15, 0.2) is 12.4 Å². The summed E-state index contributed by atoms with van der Waals surface area (Å²) >= 11 is 5.93. The zero-order valence-corrected chi connectivity index (χ0v) is 10.1. The summed E-state index contributed by atoms with van der Waals surface area (Å²) in [6.45, 7) is 2.01. The van der Waals surface area contributed by atoms with E-state index in [9.17, 15) is 4.79 Å². The van der Waals surface area contributed by atoms with Gasteiger partial charge in [0.15, 0.2) is 5.15 Å². The zero-order valence-electron chi connectivity index (χ0n) is 9.34. The number of hydrogen-bond donors (Lipinski definition) is 1. The van der Waals surface area contributed by atoms with E-state index in [1.165, 1.54) is 0 Å². The SMILES string of the molecule is O=C(O)C1CCCN(Cc2nccnc2Cl)C1. The second-order valence-electron chi connectivity index (χ2n) is 4.21. The maximum atomic E-state index is 10.9. The molecular weight excluding hydrogens is 242 g/mol. The number of likely N-dealkylation sites (tertiary alicyclic amines) is 1. The standard InChI is InChI=1S/C11H14ClN3O2/c12-10-9(13-3-4-14-10)7-15-5-1-2-8(6-15)11(16)17/h3-4,8H,1-2,5-7H2,(H,16,17). The van der Waals surface area contributed by atoms with Gasteiger partial charge >= 0.3 is 5.97 Å². The first-order valence-corrected chi connectivity index (χ1v) is 5.95. The number of carbonyl (C=O) groups is 1. The Morgan fingerprint density at radius 1 is 1.53 bits per heavy atom. The minimum absolute atomic E-state index is 0.279. The predicted octanol–water partition coefficient (Wildman–Crippen LogP) is 1.43. The van der Waals surface area contributed by atoms with Crippen LogP contribution in [0.3, 0.4) is 0 Å². The van der Waals surface area contributed by atoms with Crippen LogP contribution in [-0.4, -0.2) is 39.0 Å². The summed E-state index contributed by atoms with van der Waals surface area (Å²) in [4.78, 5) is 21.1. The van der Waals surface area contributed by atoms with Crippen molar-refractivity contribution in [3.63, 3.8) is 0 Å². The molecule has 1 aliphatic heterocycles. The van der Waals surface area contributed by atoms with Gasteiger partial charge in [0.25, 0.3) is 0 Å². The smallest absolute Gasteiger partial charge is 0.307 e. The Balaban J connectivity index is 1.99. The number of aromatic nitrogens is 2. The van der Waals surface area contributed by atoms with Crippen LogP contribution >= 0.6 is 11.6 Å². The Morgan fingerprint density at radius 3 is 3.00 bits per heavy atom. The molecule has 5 nitrogen and oxygen atoms in total. The molecule has 0 radical (unpaired) electrons. The third-order valence-corrected chi connectivity index (χ3v) is 3.27. The lowest BCUT2D eigenvalue weighted by atomic mass is 9.98. The lowest BCUT2D eigenvalue weighted by molar-refractivity contribution is -0.143. The molecule has 0 saturated carbocycles. The summed E-state index contributed by atoms with van der Waals surface area (Å²) in [5.74, 6) is -1.00. The second-order valence-corrected chi connectivity index (χ2v) is 4.56. The van der Waals surface area contributed by atoms with Crippen molar-refractivity contribution >= 4 is 17.6 Å². The topological polar surface area (TPSA) is 66.3 Å². The van der Waals surface area contributed by atoms with Gasteiger partial charge in [0.2, 0.25) is 0 Å². The lowest BCUT2D eigenvalue weighted by Crippen LogP contribution is -2.38. The first-order valence-electron chi connectivity index (χ1n) is 5.57. The van der Waals surface area contributed by atoms with Crippen LogP contribution in [0.2, 0.25) is 5.15 Å². The van der Waals surface area contributed by atoms with E-state index in [0.717, 1.165) is 19.4 Å². The van der Waals surface area contributed by atoms with Gasteiger partial charge in [-0.2, -0.15) is 0 Å². The van der Waals surface area contributed by atoms with Gasteiger partial charge in [-0.1, -0.05) is 11.6 Å². The van der Waals surface area contributed by atoms with Crippen molar-refractivity contribution in [3.8, 4) is 0 Å². The Kier molecular flexibility index (Phi) is 3.91. The molecule has 6 heteroatoms. The Hall–Kier alpha value is -1.20. The van der Waals surface area contributed by atoms with Crippen molar-refractivity contribution in [2.24, 2.45) is 5.92 Å². The van der Waals surface area contributed by atoms with Gasteiger partial charge < -0.3 is 5.11 Å². The number of aliphatic carboxylic acids is 1. The number of carboxylic acid groups (broad SMARTS) is 1. The molecule has 1 unspecified atom stereocenters. The van der Waals surface area contributed by atoms with Gasteiger partial charge in [-0.15, -0.1) is 0 Å². The normalized spacial score (nSPS) is 21.4. The van der Waals surface area contributed by atoms with Gasteiger partial charge in [-0.25, -0.2) is 4.98 Å². The average Bonchev–Trinajstić information content (AvgIpc) is 2.32. The molecule has 0 aromatic carbocycles. The van der Waals surface area contributed by atoms with E-state index in [1.54, 1.807) is 12.4 Å². The highest BCUT2D eigenvalue weighted by Crippen LogP contribution is 2.19. The largest absolute Gasteiger partial charge is 0.481 e. The van der Waals surface area contributed by atoms with E-state index < -0.39 is 5.97 Å². The number of carboxylic acids is 1. The summed E-state index contributed by atoms with van der Waals surface area (Å²) in [5, 5.41) is 9.39. The van der Waals surface area contributed by atoms with E-state index in [0.29, 0.717) is 23.9 Å². The molecule has 2 heterocycles. The molecular formula is C11H14ClN3O2. The zero-order chi connectivity index (χ0) is 12.3. The predicted molar refractivity (Wildman–Crippen MR) is 62.7 cm³/mol. The monoisotopic (exact) mass is 255 g/mol. The van der Waals surface area contributed by atoms with Crippen molar-refractivity contribution < 1.29 is 9.90 Å². The first kappa shape index (κ1) is 12.3. The third-order valence-electron chi connectivity index (χ3n) is 2.95. The van der Waals surface area contributed by atoms with Gasteiger partial charge in [0.05, 0.1) is 11.6 Å². The highest BCUT2D eigenvalue weighted by molar-refractivity contribution is 6.29. The van der Waals surface area contributed by atoms with Crippen LogP contribution in [0.1, 0.15) is 18.5 Å². The number of rotatable bonds is 3. The highest BCUT2D eigenvalue weighted by atomic mass is 35.5. The molecule has 92 valence electrons. The van der Waals surface area contributed by atoms with Crippen LogP contribution in [0.5, 0.6) is 0 Å². The van der Waals surface area contributed by atoms with Crippen molar-refractivity contribution in [1.29, 1.82) is 0 Å². The van der Waals surface area contributed by atoms with Gasteiger partial charge in [-0.05, 0) is 19.4 Å². The fourth-order valence-electron chi connectivity index (χ4n) is 2.07. The first-order chi connectivity index (χ1) is 8.16. The molecule has 1 N–H and O–H groups in total. The molecule has 0 spiro atoms. The molecule has 0 bridgehead atoms. The van der Waals surface area contributed by atoms with Gasteiger partial charge in [-0.3, -0.25) is 14.7 Å². The fourth-order valence-corrected chi connectivity index (χ4v) is 2.23. The van der Waals surface area contributed by atoms with Gasteiger partial charge in [0.1, 0.15) is 0 Å². The van der Waals surface area contributed by atoms with Crippen LogP contribution < -0.4 is 0 Å². The van der Waals surface area contributed by atoms with Crippen LogP contribution in [0.4, 0.5) is 0 Å². The molecule has 1 aromatic heterocycles. The van der Waals surface area contributed by atoms with Crippen molar-refractivity contribution in [3.05, 3.63) is 23.2 Å². The maximum absolute atomic E-state index is 10.9. The van der Waals surface area contributed by atoms with E-state index in [2.05, 4.69) is 14.9 Å².